The molecule has 4 nitrogen and oxygen atoms in total. The maximum atomic E-state index is 5.95. The number of guanidine groups is 1. The van der Waals surface area contributed by atoms with Crippen LogP contribution < -0.4 is 5.73 Å². The molecular weight excluding hydrogens is 300 g/mol. The Morgan fingerprint density at radius 3 is 3.00 bits per heavy atom. The van der Waals surface area contributed by atoms with Crippen LogP contribution in [-0.4, -0.2) is 49.5 Å². The maximum absolute atomic E-state index is 5.95. The molecule has 1 aliphatic rings. The van der Waals surface area contributed by atoms with E-state index >= 15 is 0 Å². The van der Waals surface area contributed by atoms with Crippen molar-refractivity contribution in [2.24, 2.45) is 10.7 Å². The largest absolute Gasteiger partial charge is 0.370 e. The molecule has 1 aromatic rings. The monoisotopic (exact) mass is 316 g/mol. The number of aliphatic imine (C=N–C) groups is 1. The van der Waals surface area contributed by atoms with Gasteiger partial charge in [-0.15, -0.1) is 11.3 Å². The zero-order valence-corrected chi connectivity index (χ0v) is 12.5. The van der Waals surface area contributed by atoms with Gasteiger partial charge in [-0.3, -0.25) is 4.99 Å². The van der Waals surface area contributed by atoms with E-state index in [1.165, 1.54) is 4.88 Å². The molecule has 1 aliphatic heterocycles. The van der Waals surface area contributed by atoms with Crippen LogP contribution in [0.25, 0.3) is 0 Å². The number of hydrogen-bond acceptors (Lipinski definition) is 5. The van der Waals surface area contributed by atoms with E-state index in [4.69, 9.17) is 5.73 Å². The molecule has 1 unspecified atom stereocenters. The van der Waals surface area contributed by atoms with Crippen molar-refractivity contribution in [2.75, 3.05) is 33.7 Å². The topological polar surface area (TPSA) is 44.9 Å². The lowest BCUT2D eigenvalue weighted by atomic mass is 10.2. The van der Waals surface area contributed by atoms with Crippen molar-refractivity contribution in [3.8, 4) is 0 Å². The van der Waals surface area contributed by atoms with Crippen LogP contribution in [0.5, 0.6) is 0 Å². The van der Waals surface area contributed by atoms with Gasteiger partial charge < -0.3 is 15.5 Å². The molecule has 1 atom stereocenters. The average molecular weight is 317 g/mol. The summed E-state index contributed by atoms with van der Waals surface area (Å²) >= 11 is 5.25. The first-order valence-corrected chi connectivity index (χ1v) is 7.20. The Morgan fingerprint density at radius 1 is 1.65 bits per heavy atom. The maximum Gasteiger partial charge on any atom is 0.191 e. The quantitative estimate of drug-likeness (QED) is 0.920. The van der Waals surface area contributed by atoms with Gasteiger partial charge in [0.15, 0.2) is 5.96 Å². The van der Waals surface area contributed by atoms with E-state index in [1.807, 2.05) is 0 Å². The summed E-state index contributed by atoms with van der Waals surface area (Å²) < 4.78 is 1.13. The molecule has 0 saturated heterocycles. The van der Waals surface area contributed by atoms with Crippen molar-refractivity contribution in [3.05, 3.63) is 20.8 Å². The fraction of sp³-hybridized carbons (Fsp3) is 0.545. The van der Waals surface area contributed by atoms with E-state index in [1.54, 1.807) is 11.3 Å². The molecule has 2 N–H and O–H groups in total. The summed E-state index contributed by atoms with van der Waals surface area (Å²) in [5, 5.41) is 2.11. The van der Waals surface area contributed by atoms with Crippen LogP contribution in [0.1, 0.15) is 10.9 Å². The Morgan fingerprint density at radius 2 is 2.41 bits per heavy atom. The predicted molar refractivity (Wildman–Crippen MR) is 76.5 cm³/mol. The van der Waals surface area contributed by atoms with Gasteiger partial charge in [0.2, 0.25) is 0 Å². The minimum atomic E-state index is 0.311. The SMILES string of the molecule is CN(C)CCN1C(N)=NCC1c1cc(Br)cs1. The number of rotatable bonds is 4. The summed E-state index contributed by atoms with van der Waals surface area (Å²) in [7, 11) is 4.14. The highest BCUT2D eigenvalue weighted by molar-refractivity contribution is 9.10. The van der Waals surface area contributed by atoms with Crippen molar-refractivity contribution in [1.82, 2.24) is 9.80 Å². The fourth-order valence-corrected chi connectivity index (χ4v) is 3.40. The molecule has 17 heavy (non-hydrogen) atoms. The van der Waals surface area contributed by atoms with Gasteiger partial charge in [0.05, 0.1) is 12.6 Å². The summed E-state index contributed by atoms with van der Waals surface area (Å²) in [5.74, 6) is 0.668. The van der Waals surface area contributed by atoms with Gasteiger partial charge in [0, 0.05) is 27.8 Å². The molecular formula is C11H17BrN4S. The number of nitrogens with two attached hydrogens (primary N) is 1. The van der Waals surface area contributed by atoms with Crippen LogP contribution in [0.4, 0.5) is 0 Å². The van der Waals surface area contributed by atoms with Gasteiger partial charge in [-0.25, -0.2) is 0 Å². The third-order valence-electron chi connectivity index (χ3n) is 2.80. The minimum absolute atomic E-state index is 0.311. The van der Waals surface area contributed by atoms with E-state index in [2.05, 4.69) is 56.3 Å². The van der Waals surface area contributed by atoms with Crippen LogP contribution in [0.3, 0.4) is 0 Å². The summed E-state index contributed by atoms with van der Waals surface area (Å²) in [5.41, 5.74) is 5.95. The van der Waals surface area contributed by atoms with Crippen molar-refractivity contribution in [2.45, 2.75) is 6.04 Å². The Labute approximate surface area is 114 Å². The number of likely N-dealkylation sites (N-methyl/N-ethyl adjacent to an activating group) is 1. The molecule has 0 bridgehead atoms. The predicted octanol–water partition coefficient (Wildman–Crippen LogP) is 1.74. The van der Waals surface area contributed by atoms with Crippen LogP contribution in [0.2, 0.25) is 0 Å². The van der Waals surface area contributed by atoms with Crippen LogP contribution >= 0.6 is 27.3 Å². The Hall–Kier alpha value is -0.590. The molecule has 2 heterocycles. The highest BCUT2D eigenvalue weighted by atomic mass is 79.9. The second kappa shape index (κ2) is 5.37. The molecule has 1 aromatic heterocycles. The first-order chi connectivity index (χ1) is 8.08. The number of halogens is 1. The molecule has 2 rings (SSSR count). The number of nitrogens with zero attached hydrogens (tertiary/aromatic N) is 3. The third-order valence-corrected chi connectivity index (χ3v) is 4.60. The van der Waals surface area contributed by atoms with Gasteiger partial charge in [-0.2, -0.15) is 0 Å². The molecule has 0 radical (unpaired) electrons. The highest BCUT2D eigenvalue weighted by Crippen LogP contribution is 2.32. The van der Waals surface area contributed by atoms with Gasteiger partial charge in [-0.1, -0.05) is 0 Å². The van der Waals surface area contributed by atoms with Gasteiger partial charge in [0.25, 0.3) is 0 Å². The first-order valence-electron chi connectivity index (χ1n) is 5.53. The van der Waals surface area contributed by atoms with E-state index in [0.717, 1.165) is 24.1 Å². The third kappa shape index (κ3) is 3.00. The lowest BCUT2D eigenvalue weighted by Gasteiger charge is -2.26. The number of thiophene rings is 1. The van der Waals surface area contributed by atoms with E-state index in [-0.39, 0.29) is 0 Å². The summed E-state index contributed by atoms with van der Waals surface area (Å²) in [6.45, 7) is 2.67. The smallest absolute Gasteiger partial charge is 0.191 e. The van der Waals surface area contributed by atoms with Crippen molar-refractivity contribution in [1.29, 1.82) is 0 Å². The molecule has 6 heteroatoms. The van der Waals surface area contributed by atoms with Crippen molar-refractivity contribution < 1.29 is 0 Å². The molecule has 0 aliphatic carbocycles. The summed E-state index contributed by atoms with van der Waals surface area (Å²) in [6, 6.07) is 2.47. The van der Waals surface area contributed by atoms with E-state index < -0.39 is 0 Å². The standard InChI is InChI=1S/C11H17BrN4S/c1-15(2)3-4-16-9(6-14-11(16)13)10-5-8(12)7-17-10/h5,7,9H,3-4,6H2,1-2H3,(H2,13,14). The van der Waals surface area contributed by atoms with Crippen LogP contribution in [-0.2, 0) is 0 Å². The Bertz CT molecular complexity index is 415. The second-order valence-electron chi connectivity index (χ2n) is 4.38. The van der Waals surface area contributed by atoms with Gasteiger partial charge >= 0.3 is 0 Å². The van der Waals surface area contributed by atoms with Crippen LogP contribution in [0.15, 0.2) is 20.9 Å². The second-order valence-corrected chi connectivity index (χ2v) is 6.24. The average Bonchev–Trinajstić information content (AvgIpc) is 2.82. The Kier molecular flexibility index (Phi) is 4.06. The zero-order chi connectivity index (χ0) is 12.4. The van der Waals surface area contributed by atoms with Gasteiger partial charge in [0.1, 0.15) is 0 Å². The van der Waals surface area contributed by atoms with Crippen molar-refractivity contribution >= 4 is 33.2 Å². The van der Waals surface area contributed by atoms with Crippen LogP contribution in [0, 0.1) is 0 Å². The normalized spacial score (nSPS) is 20.1. The van der Waals surface area contributed by atoms with E-state index in [0.29, 0.717) is 12.0 Å². The summed E-state index contributed by atoms with van der Waals surface area (Å²) in [6.07, 6.45) is 0. The Balaban J connectivity index is 2.07. The number of hydrogen-bond donors (Lipinski definition) is 1. The molecule has 94 valence electrons. The molecule has 0 saturated carbocycles. The lowest BCUT2D eigenvalue weighted by molar-refractivity contribution is 0.295. The fourth-order valence-electron chi connectivity index (χ4n) is 1.85. The minimum Gasteiger partial charge on any atom is -0.370 e. The molecule has 0 amide bonds. The highest BCUT2D eigenvalue weighted by Gasteiger charge is 2.28. The zero-order valence-electron chi connectivity index (χ0n) is 10.1. The molecule has 0 fully saturated rings. The van der Waals surface area contributed by atoms with Gasteiger partial charge in [-0.05, 0) is 36.1 Å². The molecule has 0 aromatic carbocycles. The summed E-state index contributed by atoms with van der Waals surface area (Å²) in [4.78, 5) is 10.0. The van der Waals surface area contributed by atoms with E-state index in [9.17, 15) is 0 Å². The van der Waals surface area contributed by atoms with Crippen molar-refractivity contribution in [3.63, 3.8) is 0 Å². The molecule has 0 spiro atoms. The first kappa shape index (κ1) is 12.9. The lowest BCUT2D eigenvalue weighted by Crippen LogP contribution is -2.40.